The fourth-order valence-electron chi connectivity index (χ4n) is 1.95. The molecule has 0 aliphatic rings. The van der Waals surface area contributed by atoms with Gasteiger partial charge >= 0.3 is 0 Å². The van der Waals surface area contributed by atoms with E-state index in [1.807, 2.05) is 38.1 Å². The largest absolute Gasteiger partial charge is 0.496 e. The molecule has 0 atom stereocenters. The van der Waals surface area contributed by atoms with Crippen LogP contribution >= 0.6 is 15.9 Å². The van der Waals surface area contributed by atoms with Gasteiger partial charge in [-0.2, -0.15) is 5.10 Å². The summed E-state index contributed by atoms with van der Waals surface area (Å²) < 4.78 is 6.10. The lowest BCUT2D eigenvalue weighted by Gasteiger charge is -2.05. The fraction of sp³-hybridized carbons (Fsp3) is 0.176. The lowest BCUT2D eigenvalue weighted by atomic mass is 10.1. The smallest absolute Gasteiger partial charge is 0.271 e. The summed E-state index contributed by atoms with van der Waals surface area (Å²) >= 11 is 3.41. The van der Waals surface area contributed by atoms with E-state index in [2.05, 4.69) is 26.5 Å². The van der Waals surface area contributed by atoms with Crippen molar-refractivity contribution in [1.29, 1.82) is 0 Å². The molecule has 2 aromatic carbocycles. The molecule has 0 unspecified atom stereocenters. The lowest BCUT2D eigenvalue weighted by Crippen LogP contribution is -2.17. The predicted molar refractivity (Wildman–Crippen MR) is 91.7 cm³/mol. The molecule has 0 fully saturated rings. The Bertz CT molecular complexity index is 727. The van der Waals surface area contributed by atoms with Gasteiger partial charge in [0.2, 0.25) is 0 Å². The number of nitrogens with zero attached hydrogens (tertiary/aromatic N) is 1. The van der Waals surface area contributed by atoms with E-state index >= 15 is 0 Å². The molecule has 0 radical (unpaired) electrons. The van der Waals surface area contributed by atoms with Crippen LogP contribution in [-0.4, -0.2) is 19.2 Å². The van der Waals surface area contributed by atoms with Gasteiger partial charge in [-0.05, 0) is 60.9 Å². The number of benzene rings is 2. The Balaban J connectivity index is 2.04. The van der Waals surface area contributed by atoms with Gasteiger partial charge in [-0.1, -0.05) is 22.0 Å². The number of hydrazone groups is 1. The van der Waals surface area contributed by atoms with Crippen LogP contribution in [0, 0.1) is 13.8 Å². The number of amides is 1. The average Bonchev–Trinajstić information content (AvgIpc) is 2.50. The zero-order valence-electron chi connectivity index (χ0n) is 12.7. The minimum Gasteiger partial charge on any atom is -0.496 e. The van der Waals surface area contributed by atoms with Crippen molar-refractivity contribution < 1.29 is 9.53 Å². The number of hydrogen-bond acceptors (Lipinski definition) is 3. The second-order valence-electron chi connectivity index (χ2n) is 4.89. The molecule has 0 aliphatic heterocycles. The SMILES string of the molecule is COc1ccc(C=NNC(=O)c2ccc(C)c(Br)c2)cc1C. The first-order valence-corrected chi connectivity index (χ1v) is 7.55. The van der Waals surface area contributed by atoms with Crippen LogP contribution in [0.5, 0.6) is 5.75 Å². The van der Waals surface area contributed by atoms with E-state index in [1.54, 1.807) is 25.5 Å². The van der Waals surface area contributed by atoms with Crippen LogP contribution in [0.3, 0.4) is 0 Å². The molecule has 0 spiro atoms. The van der Waals surface area contributed by atoms with Crippen molar-refractivity contribution in [3.63, 3.8) is 0 Å². The van der Waals surface area contributed by atoms with Crippen molar-refractivity contribution in [2.75, 3.05) is 7.11 Å². The molecule has 0 heterocycles. The molecule has 1 N–H and O–H groups in total. The maximum atomic E-state index is 12.0. The molecule has 0 bridgehead atoms. The molecule has 2 rings (SSSR count). The highest BCUT2D eigenvalue weighted by Gasteiger charge is 2.05. The third-order valence-electron chi connectivity index (χ3n) is 3.23. The van der Waals surface area contributed by atoms with Gasteiger partial charge in [-0.15, -0.1) is 0 Å². The number of hydrogen-bond donors (Lipinski definition) is 1. The van der Waals surface area contributed by atoms with Crippen LogP contribution in [0.1, 0.15) is 27.0 Å². The van der Waals surface area contributed by atoms with Crippen LogP contribution in [0.15, 0.2) is 46.0 Å². The number of carbonyl (C=O) groups is 1. The second-order valence-corrected chi connectivity index (χ2v) is 5.75. The maximum absolute atomic E-state index is 12.0. The van der Waals surface area contributed by atoms with Crippen molar-refractivity contribution in [2.45, 2.75) is 13.8 Å². The molecule has 2 aromatic rings. The van der Waals surface area contributed by atoms with Crippen molar-refractivity contribution in [2.24, 2.45) is 5.10 Å². The van der Waals surface area contributed by atoms with Gasteiger partial charge in [0.1, 0.15) is 5.75 Å². The summed E-state index contributed by atoms with van der Waals surface area (Å²) in [5.74, 6) is 0.577. The minimum absolute atomic E-state index is 0.248. The number of ether oxygens (including phenoxy) is 1. The number of nitrogens with one attached hydrogen (secondary N) is 1. The Morgan fingerprint density at radius 2 is 1.95 bits per heavy atom. The van der Waals surface area contributed by atoms with E-state index in [0.717, 1.165) is 26.9 Å². The molecule has 0 aliphatic carbocycles. The van der Waals surface area contributed by atoms with Gasteiger partial charge in [-0.3, -0.25) is 4.79 Å². The number of aryl methyl sites for hydroxylation is 2. The topological polar surface area (TPSA) is 50.7 Å². The summed E-state index contributed by atoms with van der Waals surface area (Å²) in [7, 11) is 1.63. The molecule has 4 nitrogen and oxygen atoms in total. The first-order valence-electron chi connectivity index (χ1n) is 6.75. The molecule has 22 heavy (non-hydrogen) atoms. The summed E-state index contributed by atoms with van der Waals surface area (Å²) in [6.07, 6.45) is 1.60. The molecule has 1 amide bonds. The Kier molecular flexibility index (Phi) is 5.33. The van der Waals surface area contributed by atoms with Gasteiger partial charge in [0, 0.05) is 10.0 Å². The molecule has 0 aromatic heterocycles. The van der Waals surface area contributed by atoms with Gasteiger partial charge in [0.15, 0.2) is 0 Å². The number of halogens is 1. The van der Waals surface area contributed by atoms with Crippen molar-refractivity contribution in [3.05, 3.63) is 63.1 Å². The van der Waals surface area contributed by atoms with E-state index < -0.39 is 0 Å². The normalized spacial score (nSPS) is 10.7. The van der Waals surface area contributed by atoms with E-state index in [9.17, 15) is 4.79 Å². The van der Waals surface area contributed by atoms with Gasteiger partial charge < -0.3 is 4.74 Å². The van der Waals surface area contributed by atoms with Gasteiger partial charge in [-0.25, -0.2) is 5.43 Å². The molecule has 5 heteroatoms. The number of rotatable bonds is 4. The van der Waals surface area contributed by atoms with Gasteiger partial charge in [0.25, 0.3) is 5.91 Å². The number of methoxy groups -OCH3 is 1. The first-order chi connectivity index (χ1) is 10.5. The van der Waals surface area contributed by atoms with Crippen LogP contribution in [-0.2, 0) is 0 Å². The Hall–Kier alpha value is -2.14. The quantitative estimate of drug-likeness (QED) is 0.665. The molecular formula is C17H17BrN2O2. The monoisotopic (exact) mass is 360 g/mol. The summed E-state index contributed by atoms with van der Waals surface area (Å²) in [5, 5.41) is 3.99. The van der Waals surface area contributed by atoms with Crippen LogP contribution in [0.4, 0.5) is 0 Å². The van der Waals surface area contributed by atoms with Crippen molar-refractivity contribution in [3.8, 4) is 5.75 Å². The summed E-state index contributed by atoms with van der Waals surface area (Å²) in [6, 6.07) is 11.1. The van der Waals surface area contributed by atoms with Crippen LogP contribution in [0.2, 0.25) is 0 Å². The fourth-order valence-corrected chi connectivity index (χ4v) is 2.32. The highest BCUT2D eigenvalue weighted by atomic mass is 79.9. The first kappa shape index (κ1) is 16.2. The predicted octanol–water partition coefficient (Wildman–Crippen LogP) is 3.84. The highest BCUT2D eigenvalue weighted by Crippen LogP contribution is 2.18. The number of carbonyl (C=O) groups excluding carboxylic acids is 1. The Morgan fingerprint density at radius 3 is 2.59 bits per heavy atom. The maximum Gasteiger partial charge on any atom is 0.271 e. The molecule has 0 saturated heterocycles. The van der Waals surface area contributed by atoms with E-state index in [4.69, 9.17) is 4.74 Å². The summed E-state index contributed by atoms with van der Waals surface area (Å²) in [4.78, 5) is 12.0. The van der Waals surface area contributed by atoms with Crippen molar-refractivity contribution in [1.82, 2.24) is 5.43 Å². The van der Waals surface area contributed by atoms with E-state index in [0.29, 0.717) is 5.56 Å². The average molecular weight is 361 g/mol. The highest BCUT2D eigenvalue weighted by molar-refractivity contribution is 9.10. The van der Waals surface area contributed by atoms with Crippen LogP contribution in [0.25, 0.3) is 0 Å². The third kappa shape index (κ3) is 3.95. The molecule has 114 valence electrons. The Labute approximate surface area is 138 Å². The third-order valence-corrected chi connectivity index (χ3v) is 4.09. The van der Waals surface area contributed by atoms with Gasteiger partial charge in [0.05, 0.1) is 13.3 Å². The van der Waals surface area contributed by atoms with Crippen LogP contribution < -0.4 is 10.2 Å². The molecule has 0 saturated carbocycles. The lowest BCUT2D eigenvalue weighted by molar-refractivity contribution is 0.0955. The standard InChI is InChI=1S/C17H17BrN2O2/c1-11-4-6-14(9-15(11)18)17(21)20-19-10-13-5-7-16(22-3)12(2)8-13/h4-10H,1-3H3,(H,20,21). The second kappa shape index (κ2) is 7.22. The van der Waals surface area contributed by atoms with E-state index in [-0.39, 0.29) is 5.91 Å². The zero-order chi connectivity index (χ0) is 16.1. The minimum atomic E-state index is -0.248. The summed E-state index contributed by atoms with van der Waals surface area (Å²) in [5.41, 5.74) is 6.06. The zero-order valence-corrected chi connectivity index (χ0v) is 14.3. The Morgan fingerprint density at radius 1 is 1.18 bits per heavy atom. The van der Waals surface area contributed by atoms with Crippen molar-refractivity contribution >= 4 is 28.1 Å². The van der Waals surface area contributed by atoms with E-state index in [1.165, 1.54) is 0 Å². The summed E-state index contributed by atoms with van der Waals surface area (Å²) in [6.45, 7) is 3.93. The molecular weight excluding hydrogens is 344 g/mol.